The molecule has 1 saturated carbocycles. The number of hydrogen-bond donors (Lipinski definition) is 1. The van der Waals surface area contributed by atoms with Gasteiger partial charge in [0.1, 0.15) is 6.04 Å². The Morgan fingerprint density at radius 2 is 2.07 bits per heavy atom. The molecule has 2 atom stereocenters. The molecule has 1 N–H and O–H groups in total. The quantitative estimate of drug-likeness (QED) is 0.768. The number of hydrogen-bond acceptors (Lipinski definition) is 3. The second-order valence-electron chi connectivity index (χ2n) is 4.91. The summed E-state index contributed by atoms with van der Waals surface area (Å²) in [6.07, 6.45) is 0.888. The summed E-state index contributed by atoms with van der Waals surface area (Å²) in [6, 6.07) is -0.612. The third-order valence-corrected chi connectivity index (χ3v) is 4.27. The molecular formula is C10H15NO3S. The number of amides is 1. The lowest BCUT2D eigenvalue weighted by atomic mass is 10.1. The van der Waals surface area contributed by atoms with Gasteiger partial charge in [-0.05, 0) is 11.8 Å². The van der Waals surface area contributed by atoms with Crippen LogP contribution in [0.1, 0.15) is 20.3 Å². The van der Waals surface area contributed by atoms with Crippen LogP contribution >= 0.6 is 11.8 Å². The predicted octanol–water partition coefficient (Wildman–Crippen LogP) is 1.02. The van der Waals surface area contributed by atoms with Crippen molar-refractivity contribution in [2.45, 2.75) is 26.3 Å². The molecule has 0 radical (unpaired) electrons. The van der Waals surface area contributed by atoms with E-state index in [0.717, 1.165) is 6.42 Å². The Morgan fingerprint density at radius 1 is 1.47 bits per heavy atom. The minimum atomic E-state index is -0.883. The average molecular weight is 229 g/mol. The number of carboxylic acid groups (broad SMARTS) is 1. The van der Waals surface area contributed by atoms with Crippen molar-refractivity contribution in [1.82, 2.24) is 4.90 Å². The van der Waals surface area contributed by atoms with E-state index in [1.54, 1.807) is 0 Å². The summed E-state index contributed by atoms with van der Waals surface area (Å²) in [5, 5.41) is 8.96. The summed E-state index contributed by atoms with van der Waals surface area (Å²) in [5.41, 5.74) is 0.0768. The molecule has 4 nitrogen and oxygen atoms in total. The van der Waals surface area contributed by atoms with Gasteiger partial charge in [0, 0.05) is 11.7 Å². The van der Waals surface area contributed by atoms with Gasteiger partial charge >= 0.3 is 5.97 Å². The van der Waals surface area contributed by atoms with E-state index < -0.39 is 12.0 Å². The maximum absolute atomic E-state index is 12.0. The molecule has 2 fully saturated rings. The Labute approximate surface area is 93.0 Å². The maximum Gasteiger partial charge on any atom is 0.327 e. The molecule has 1 aliphatic carbocycles. The van der Waals surface area contributed by atoms with Crippen LogP contribution in [0.5, 0.6) is 0 Å². The molecule has 2 rings (SSSR count). The summed E-state index contributed by atoms with van der Waals surface area (Å²) in [4.78, 5) is 24.4. The van der Waals surface area contributed by atoms with E-state index in [1.807, 2.05) is 0 Å². The molecule has 1 unspecified atom stereocenters. The first-order valence-electron chi connectivity index (χ1n) is 5.04. The average Bonchev–Trinajstić information content (AvgIpc) is 2.65. The molecule has 0 aromatic heterocycles. The van der Waals surface area contributed by atoms with Gasteiger partial charge in [-0.3, -0.25) is 4.79 Å². The van der Waals surface area contributed by atoms with Crippen molar-refractivity contribution in [2.75, 3.05) is 11.6 Å². The molecule has 2 aliphatic rings. The lowest BCUT2D eigenvalue weighted by Gasteiger charge is -2.21. The van der Waals surface area contributed by atoms with Crippen molar-refractivity contribution in [2.24, 2.45) is 11.3 Å². The smallest absolute Gasteiger partial charge is 0.327 e. The van der Waals surface area contributed by atoms with Crippen molar-refractivity contribution in [3.05, 3.63) is 0 Å². The van der Waals surface area contributed by atoms with Gasteiger partial charge in [0.2, 0.25) is 5.91 Å². The van der Waals surface area contributed by atoms with Crippen molar-refractivity contribution in [3.63, 3.8) is 0 Å². The SMILES string of the molecule is CC1(C)CC1C(=O)N1CSC[C@H]1C(=O)O. The minimum absolute atomic E-state index is 0.0254. The molecule has 1 aliphatic heterocycles. The summed E-state index contributed by atoms with van der Waals surface area (Å²) in [7, 11) is 0. The van der Waals surface area contributed by atoms with E-state index in [1.165, 1.54) is 16.7 Å². The number of carbonyl (C=O) groups excluding carboxylic acids is 1. The molecule has 5 heteroatoms. The normalized spacial score (nSPS) is 32.8. The molecule has 0 bridgehead atoms. The van der Waals surface area contributed by atoms with Gasteiger partial charge in [0.25, 0.3) is 0 Å². The molecule has 0 spiro atoms. The molecule has 15 heavy (non-hydrogen) atoms. The monoisotopic (exact) mass is 229 g/mol. The number of nitrogens with zero attached hydrogens (tertiary/aromatic N) is 1. The van der Waals surface area contributed by atoms with E-state index in [-0.39, 0.29) is 17.2 Å². The van der Waals surface area contributed by atoms with Crippen LogP contribution in [-0.4, -0.2) is 39.6 Å². The second kappa shape index (κ2) is 3.40. The summed E-state index contributed by atoms with van der Waals surface area (Å²) < 4.78 is 0. The van der Waals surface area contributed by atoms with E-state index in [2.05, 4.69) is 13.8 Å². The highest BCUT2D eigenvalue weighted by Gasteiger charge is 2.53. The third kappa shape index (κ3) is 1.85. The fourth-order valence-corrected chi connectivity index (χ4v) is 3.11. The molecule has 1 heterocycles. The first-order valence-corrected chi connectivity index (χ1v) is 6.20. The topological polar surface area (TPSA) is 57.6 Å². The van der Waals surface area contributed by atoms with Gasteiger partial charge in [-0.1, -0.05) is 13.8 Å². The Bertz CT molecular complexity index is 316. The van der Waals surface area contributed by atoms with Gasteiger partial charge in [-0.15, -0.1) is 11.8 Å². The molecule has 0 aromatic carbocycles. The van der Waals surface area contributed by atoms with Gasteiger partial charge in [-0.25, -0.2) is 4.79 Å². The summed E-state index contributed by atoms with van der Waals surface area (Å²) in [5.74, 6) is 0.235. The first-order chi connectivity index (χ1) is 6.93. The molecule has 1 saturated heterocycles. The van der Waals surface area contributed by atoms with E-state index in [9.17, 15) is 9.59 Å². The van der Waals surface area contributed by atoms with Crippen molar-refractivity contribution in [3.8, 4) is 0 Å². The van der Waals surface area contributed by atoms with Gasteiger partial charge in [0.15, 0.2) is 0 Å². The van der Waals surface area contributed by atoms with Crippen LogP contribution in [-0.2, 0) is 9.59 Å². The van der Waals surface area contributed by atoms with Crippen LogP contribution in [0.2, 0.25) is 0 Å². The number of carbonyl (C=O) groups is 2. The lowest BCUT2D eigenvalue weighted by Crippen LogP contribution is -2.43. The van der Waals surface area contributed by atoms with Crippen LogP contribution < -0.4 is 0 Å². The van der Waals surface area contributed by atoms with Crippen LogP contribution in [0.4, 0.5) is 0 Å². The minimum Gasteiger partial charge on any atom is -0.480 e. The molecular weight excluding hydrogens is 214 g/mol. The summed E-state index contributed by atoms with van der Waals surface area (Å²) in [6.45, 7) is 4.10. The molecule has 0 aromatic rings. The highest BCUT2D eigenvalue weighted by atomic mass is 32.2. The zero-order valence-corrected chi connectivity index (χ0v) is 9.71. The van der Waals surface area contributed by atoms with Gasteiger partial charge in [0.05, 0.1) is 5.88 Å². The van der Waals surface area contributed by atoms with Gasteiger partial charge in [-0.2, -0.15) is 0 Å². The Kier molecular flexibility index (Phi) is 2.45. The fraction of sp³-hybridized carbons (Fsp3) is 0.800. The first kappa shape index (κ1) is 10.8. The Morgan fingerprint density at radius 3 is 2.53 bits per heavy atom. The van der Waals surface area contributed by atoms with Gasteiger partial charge < -0.3 is 10.0 Å². The third-order valence-electron chi connectivity index (χ3n) is 3.26. The molecule has 1 amide bonds. The van der Waals surface area contributed by atoms with Crippen LogP contribution in [0.15, 0.2) is 0 Å². The predicted molar refractivity (Wildman–Crippen MR) is 57.5 cm³/mol. The van der Waals surface area contributed by atoms with E-state index in [0.29, 0.717) is 11.6 Å². The second-order valence-corrected chi connectivity index (χ2v) is 5.91. The van der Waals surface area contributed by atoms with Crippen molar-refractivity contribution < 1.29 is 14.7 Å². The summed E-state index contributed by atoms with van der Waals surface area (Å²) >= 11 is 1.52. The van der Waals surface area contributed by atoms with Crippen LogP contribution in [0.3, 0.4) is 0 Å². The maximum atomic E-state index is 12.0. The largest absolute Gasteiger partial charge is 0.480 e. The Hall–Kier alpha value is -0.710. The van der Waals surface area contributed by atoms with Crippen LogP contribution in [0.25, 0.3) is 0 Å². The zero-order chi connectivity index (χ0) is 11.2. The number of aliphatic carboxylic acids is 1. The van der Waals surface area contributed by atoms with Crippen molar-refractivity contribution >= 4 is 23.6 Å². The highest BCUT2D eigenvalue weighted by molar-refractivity contribution is 7.99. The number of carboxylic acids is 1. The number of thioether (sulfide) groups is 1. The lowest BCUT2D eigenvalue weighted by molar-refractivity contribution is -0.148. The Balaban J connectivity index is 2.04. The van der Waals surface area contributed by atoms with Crippen LogP contribution in [0, 0.1) is 11.3 Å². The van der Waals surface area contributed by atoms with E-state index in [4.69, 9.17) is 5.11 Å². The molecule has 84 valence electrons. The number of rotatable bonds is 2. The standard InChI is InChI=1S/C10H15NO3S/c1-10(2)3-6(10)8(12)11-5-15-4-7(11)9(13)14/h6-7H,3-5H2,1-2H3,(H,13,14)/t6?,7-/m0/s1. The van der Waals surface area contributed by atoms with E-state index >= 15 is 0 Å². The van der Waals surface area contributed by atoms with Crippen molar-refractivity contribution in [1.29, 1.82) is 0 Å². The zero-order valence-electron chi connectivity index (χ0n) is 8.90. The fourth-order valence-electron chi connectivity index (χ4n) is 1.95. The highest BCUT2D eigenvalue weighted by Crippen LogP contribution is 2.53.